The Bertz CT molecular complexity index is 1270. The third kappa shape index (κ3) is 6.39. The molecule has 0 aliphatic rings. The zero-order valence-corrected chi connectivity index (χ0v) is 20.8. The maximum atomic E-state index is 13.5. The molecule has 0 spiro atoms. The van der Waals surface area contributed by atoms with Crippen LogP contribution in [0.5, 0.6) is 5.75 Å². The predicted molar refractivity (Wildman–Crippen MR) is 136 cm³/mol. The van der Waals surface area contributed by atoms with Gasteiger partial charge in [0.1, 0.15) is 12.3 Å². The van der Waals surface area contributed by atoms with Crippen molar-refractivity contribution in [3.63, 3.8) is 0 Å². The van der Waals surface area contributed by atoms with E-state index in [4.69, 9.17) is 4.74 Å². The summed E-state index contributed by atoms with van der Waals surface area (Å²) in [5.41, 5.74) is 1.81. The van der Waals surface area contributed by atoms with Gasteiger partial charge in [0, 0.05) is 6.54 Å². The lowest BCUT2D eigenvalue weighted by Crippen LogP contribution is -2.38. The summed E-state index contributed by atoms with van der Waals surface area (Å²) in [6, 6.07) is 19.4. The monoisotopic (exact) mass is 495 g/mol. The van der Waals surface area contributed by atoms with E-state index in [-0.39, 0.29) is 10.8 Å². The first-order valence-electron chi connectivity index (χ1n) is 11.2. The first-order valence-corrected chi connectivity index (χ1v) is 12.6. The molecule has 3 aromatic carbocycles. The number of carbonyl (C=O) groups excluding carboxylic acids is 2. The van der Waals surface area contributed by atoms with Crippen molar-refractivity contribution in [1.29, 1.82) is 0 Å². The number of aryl methyl sites for hydroxylation is 1. The van der Waals surface area contributed by atoms with Crippen molar-refractivity contribution in [3.05, 3.63) is 83.9 Å². The normalized spacial score (nSPS) is 10.9. The number of methoxy groups -OCH3 is 1. The highest BCUT2D eigenvalue weighted by Gasteiger charge is 2.27. The van der Waals surface area contributed by atoms with Crippen LogP contribution in [-0.4, -0.2) is 40.4 Å². The zero-order valence-electron chi connectivity index (χ0n) is 19.9. The summed E-state index contributed by atoms with van der Waals surface area (Å²) >= 11 is 0. The summed E-state index contributed by atoms with van der Waals surface area (Å²) in [5.74, 6) is -0.354. The number of carbonyl (C=O) groups is 2. The number of rotatable bonds is 10. The lowest BCUT2D eigenvalue weighted by molar-refractivity contribution is -0.114. The number of anilines is 2. The van der Waals surface area contributed by atoms with Crippen molar-refractivity contribution < 1.29 is 22.7 Å². The minimum absolute atomic E-state index is 0.0612. The predicted octanol–water partition coefficient (Wildman–Crippen LogP) is 3.98. The fraction of sp³-hybridized carbons (Fsp3) is 0.231. The third-order valence-electron chi connectivity index (χ3n) is 5.24. The van der Waals surface area contributed by atoms with Gasteiger partial charge in [0.05, 0.1) is 28.9 Å². The van der Waals surface area contributed by atoms with Gasteiger partial charge in [-0.15, -0.1) is 0 Å². The Kier molecular flexibility index (Phi) is 8.48. The van der Waals surface area contributed by atoms with E-state index < -0.39 is 22.5 Å². The van der Waals surface area contributed by atoms with Crippen LogP contribution < -0.4 is 19.7 Å². The Morgan fingerprint density at radius 3 is 2.23 bits per heavy atom. The van der Waals surface area contributed by atoms with E-state index >= 15 is 0 Å². The summed E-state index contributed by atoms with van der Waals surface area (Å²) in [5, 5.41) is 5.47. The van der Waals surface area contributed by atoms with Gasteiger partial charge in [-0.05, 0) is 61.9 Å². The second-order valence-electron chi connectivity index (χ2n) is 7.87. The molecule has 3 aromatic rings. The number of benzene rings is 3. The molecule has 0 saturated carbocycles. The van der Waals surface area contributed by atoms with Gasteiger partial charge in [-0.25, -0.2) is 8.42 Å². The van der Waals surface area contributed by atoms with E-state index in [0.717, 1.165) is 16.3 Å². The molecular formula is C26H29N3O5S. The summed E-state index contributed by atoms with van der Waals surface area (Å²) in [4.78, 5) is 25.6. The van der Waals surface area contributed by atoms with Crippen LogP contribution in [0.4, 0.5) is 11.4 Å². The molecular weight excluding hydrogens is 466 g/mol. The Morgan fingerprint density at radius 2 is 1.60 bits per heavy atom. The van der Waals surface area contributed by atoms with Crippen LogP contribution in [0.15, 0.2) is 77.7 Å². The van der Waals surface area contributed by atoms with Crippen LogP contribution in [0.1, 0.15) is 29.3 Å². The molecule has 35 heavy (non-hydrogen) atoms. The average molecular weight is 496 g/mol. The van der Waals surface area contributed by atoms with E-state index in [9.17, 15) is 18.0 Å². The Hall–Kier alpha value is -3.85. The lowest BCUT2D eigenvalue weighted by Gasteiger charge is -2.24. The van der Waals surface area contributed by atoms with Crippen LogP contribution in [-0.2, 0) is 14.8 Å². The van der Waals surface area contributed by atoms with Crippen LogP contribution >= 0.6 is 0 Å². The fourth-order valence-electron chi connectivity index (χ4n) is 3.35. The molecule has 0 aromatic heterocycles. The second-order valence-corrected chi connectivity index (χ2v) is 9.73. The van der Waals surface area contributed by atoms with Crippen LogP contribution in [0.3, 0.4) is 0 Å². The summed E-state index contributed by atoms with van der Waals surface area (Å²) < 4.78 is 33.3. The van der Waals surface area contributed by atoms with Crippen LogP contribution in [0, 0.1) is 6.92 Å². The van der Waals surface area contributed by atoms with Crippen molar-refractivity contribution in [1.82, 2.24) is 5.32 Å². The molecule has 0 fully saturated rings. The SMILES string of the molecule is CCCNC(=O)c1ccccc1NC(=O)CN(c1ccc(OC)cc1)S(=O)(=O)c1ccc(C)cc1. The average Bonchev–Trinajstić information content (AvgIpc) is 2.86. The summed E-state index contributed by atoms with van der Waals surface area (Å²) in [6.07, 6.45) is 0.772. The third-order valence-corrected chi connectivity index (χ3v) is 7.03. The lowest BCUT2D eigenvalue weighted by atomic mass is 10.1. The van der Waals surface area contributed by atoms with Gasteiger partial charge in [-0.3, -0.25) is 13.9 Å². The van der Waals surface area contributed by atoms with E-state index in [1.54, 1.807) is 60.7 Å². The van der Waals surface area contributed by atoms with Crippen molar-refractivity contribution in [2.24, 2.45) is 0 Å². The molecule has 3 rings (SSSR count). The van der Waals surface area contributed by atoms with Crippen molar-refractivity contribution in [2.75, 3.05) is 29.8 Å². The molecule has 184 valence electrons. The fourth-order valence-corrected chi connectivity index (χ4v) is 4.77. The van der Waals surface area contributed by atoms with Gasteiger partial charge >= 0.3 is 0 Å². The maximum Gasteiger partial charge on any atom is 0.264 e. The Balaban J connectivity index is 1.92. The van der Waals surface area contributed by atoms with Gasteiger partial charge in [0.15, 0.2) is 0 Å². The van der Waals surface area contributed by atoms with Crippen molar-refractivity contribution in [3.8, 4) is 5.75 Å². The summed E-state index contributed by atoms with van der Waals surface area (Å²) in [6.45, 7) is 3.81. The largest absolute Gasteiger partial charge is 0.497 e. The first kappa shape index (κ1) is 25.8. The number of ether oxygens (including phenoxy) is 1. The van der Waals surface area contributed by atoms with Crippen LogP contribution in [0.25, 0.3) is 0 Å². The molecule has 9 heteroatoms. The highest BCUT2D eigenvalue weighted by Crippen LogP contribution is 2.26. The zero-order chi connectivity index (χ0) is 25.4. The second kappa shape index (κ2) is 11.5. The number of amides is 2. The molecule has 0 radical (unpaired) electrons. The highest BCUT2D eigenvalue weighted by atomic mass is 32.2. The molecule has 0 bridgehead atoms. The summed E-state index contributed by atoms with van der Waals surface area (Å²) in [7, 11) is -2.55. The van der Waals surface area contributed by atoms with E-state index in [0.29, 0.717) is 29.2 Å². The molecule has 0 unspecified atom stereocenters. The quantitative estimate of drug-likeness (QED) is 0.443. The smallest absolute Gasteiger partial charge is 0.264 e. The van der Waals surface area contributed by atoms with Crippen molar-refractivity contribution in [2.45, 2.75) is 25.2 Å². The maximum absolute atomic E-state index is 13.5. The number of para-hydroxylation sites is 1. The van der Waals surface area contributed by atoms with Gasteiger partial charge < -0.3 is 15.4 Å². The topological polar surface area (TPSA) is 105 Å². The van der Waals surface area contributed by atoms with Gasteiger partial charge in [-0.2, -0.15) is 0 Å². The van der Waals surface area contributed by atoms with Crippen molar-refractivity contribution >= 4 is 33.2 Å². The molecule has 0 saturated heterocycles. The van der Waals surface area contributed by atoms with E-state index in [1.165, 1.54) is 19.2 Å². The van der Waals surface area contributed by atoms with Gasteiger partial charge in [0.25, 0.3) is 15.9 Å². The highest BCUT2D eigenvalue weighted by molar-refractivity contribution is 7.92. The molecule has 0 atom stereocenters. The first-order chi connectivity index (χ1) is 16.8. The Morgan fingerprint density at radius 1 is 0.943 bits per heavy atom. The molecule has 0 aliphatic carbocycles. The van der Waals surface area contributed by atoms with E-state index in [2.05, 4.69) is 10.6 Å². The molecule has 0 heterocycles. The van der Waals surface area contributed by atoms with Gasteiger partial charge in [-0.1, -0.05) is 36.8 Å². The molecule has 0 aliphatic heterocycles. The molecule has 2 amide bonds. The molecule has 2 N–H and O–H groups in total. The number of sulfonamides is 1. The minimum Gasteiger partial charge on any atom is -0.497 e. The van der Waals surface area contributed by atoms with E-state index in [1.807, 2.05) is 13.8 Å². The minimum atomic E-state index is -4.06. The number of hydrogen-bond acceptors (Lipinski definition) is 5. The van der Waals surface area contributed by atoms with Gasteiger partial charge in [0.2, 0.25) is 5.91 Å². The number of nitrogens with one attached hydrogen (secondary N) is 2. The number of nitrogens with zero attached hydrogens (tertiary/aromatic N) is 1. The standard InChI is InChI=1S/C26H29N3O5S/c1-4-17-27-26(31)23-7-5-6-8-24(23)28-25(30)18-29(20-11-13-21(34-3)14-12-20)35(32,33)22-15-9-19(2)10-16-22/h5-16H,4,17-18H2,1-3H3,(H,27,31)(H,28,30). The number of hydrogen-bond donors (Lipinski definition) is 2. The Labute approximate surface area is 206 Å². The van der Waals surface area contributed by atoms with Crippen LogP contribution in [0.2, 0.25) is 0 Å². The molecule has 8 nitrogen and oxygen atoms in total.